The lowest BCUT2D eigenvalue weighted by Gasteiger charge is -2.48. The summed E-state index contributed by atoms with van der Waals surface area (Å²) in [6, 6.07) is 5.10. The zero-order chi connectivity index (χ0) is 25.5. The van der Waals surface area contributed by atoms with Gasteiger partial charge in [0, 0.05) is 6.54 Å². The summed E-state index contributed by atoms with van der Waals surface area (Å²) >= 11 is 0. The van der Waals surface area contributed by atoms with E-state index in [9.17, 15) is 18.0 Å². The van der Waals surface area contributed by atoms with Crippen LogP contribution in [0.15, 0.2) is 27.5 Å². The normalized spacial score (nSPS) is 28.3. The first-order chi connectivity index (χ1) is 16.5. The quantitative estimate of drug-likeness (QED) is 0.535. The number of hydrogen-bond acceptors (Lipinski definition) is 6. The number of hydrogen-bond donors (Lipinski definition) is 1. The highest BCUT2D eigenvalue weighted by Crippen LogP contribution is 2.57. The molecule has 35 heavy (non-hydrogen) atoms. The number of ether oxygens (including phenoxy) is 1. The Morgan fingerprint density at radius 3 is 2.71 bits per heavy atom. The molecule has 0 saturated heterocycles. The lowest BCUT2D eigenvalue weighted by atomic mass is 9.72. The molecule has 9 heteroatoms. The second kappa shape index (κ2) is 9.56. The summed E-state index contributed by atoms with van der Waals surface area (Å²) in [4.78, 5) is 28.9. The summed E-state index contributed by atoms with van der Waals surface area (Å²) in [5, 5.41) is 3.05. The molecule has 4 rings (SSSR count). The number of carbonyl (C=O) groups excluding carboxylic acids is 2. The molecule has 1 aromatic rings. The number of carbonyl (C=O) groups is 2. The van der Waals surface area contributed by atoms with Crippen molar-refractivity contribution in [3.05, 3.63) is 23.8 Å². The molecule has 2 aliphatic carbocycles. The fourth-order valence-electron chi connectivity index (χ4n) is 6.29. The molecule has 1 amide bonds. The summed E-state index contributed by atoms with van der Waals surface area (Å²) in [5.74, 6) is 0.0859. The van der Waals surface area contributed by atoms with Gasteiger partial charge in [-0.3, -0.25) is 9.59 Å². The van der Waals surface area contributed by atoms with E-state index in [2.05, 4.69) is 23.6 Å². The van der Waals surface area contributed by atoms with Crippen LogP contribution in [0.4, 0.5) is 5.69 Å². The minimum atomic E-state index is -3.90. The maximum atomic E-state index is 13.9. The molecule has 1 aliphatic heterocycles. The fourth-order valence-corrected chi connectivity index (χ4v) is 7.52. The van der Waals surface area contributed by atoms with Gasteiger partial charge in [0.05, 0.1) is 30.2 Å². The van der Waals surface area contributed by atoms with Crippen LogP contribution >= 0.6 is 0 Å². The Kier molecular flexibility index (Phi) is 7.01. The van der Waals surface area contributed by atoms with Gasteiger partial charge in [-0.2, -0.15) is 8.42 Å². The van der Waals surface area contributed by atoms with Crippen LogP contribution in [0.2, 0.25) is 0 Å². The van der Waals surface area contributed by atoms with Crippen LogP contribution in [0.5, 0.6) is 0 Å². The average molecular weight is 504 g/mol. The Balaban J connectivity index is 1.65. The molecule has 2 saturated carbocycles. The number of rotatable bonds is 8. The molecule has 0 unspecified atom stereocenters. The Hall–Kier alpha value is -2.42. The second-order valence-corrected chi connectivity index (χ2v) is 12.3. The maximum Gasteiger partial charge on any atom is 0.311 e. The molecule has 1 aromatic carbocycles. The first-order valence-electron chi connectivity index (χ1n) is 12.7. The smallest absolute Gasteiger partial charge is 0.311 e. The van der Waals surface area contributed by atoms with Crippen LogP contribution in [0.3, 0.4) is 0 Å². The number of aryl methyl sites for hydroxylation is 1. The molecule has 0 radical (unpaired) electrons. The van der Waals surface area contributed by atoms with Crippen molar-refractivity contribution in [3.63, 3.8) is 0 Å². The highest BCUT2D eigenvalue weighted by Gasteiger charge is 2.62. The van der Waals surface area contributed by atoms with E-state index in [0.717, 1.165) is 31.2 Å². The molecule has 3 aliphatic rings. The highest BCUT2D eigenvalue weighted by atomic mass is 32.2. The zero-order valence-electron chi connectivity index (χ0n) is 21.3. The Morgan fingerprint density at radius 2 is 2.03 bits per heavy atom. The van der Waals surface area contributed by atoms with Crippen molar-refractivity contribution in [3.8, 4) is 0 Å². The van der Waals surface area contributed by atoms with Gasteiger partial charge in [-0.05, 0) is 81.9 Å². The molecular formula is C26H37N3O5S. The average Bonchev–Trinajstić information content (AvgIpc) is 3.34. The number of fused-ring (bicyclic) bond motifs is 3. The van der Waals surface area contributed by atoms with Crippen LogP contribution in [0, 0.1) is 30.6 Å². The molecule has 4 atom stereocenters. The number of sulfonamides is 1. The molecule has 0 spiro atoms. The molecule has 192 valence electrons. The number of amides is 1. The predicted octanol–water partition coefficient (Wildman–Crippen LogP) is 4.14. The largest absolute Gasteiger partial charge is 0.466 e. The first-order valence-corrected chi connectivity index (χ1v) is 14.1. The van der Waals surface area contributed by atoms with Gasteiger partial charge in [-0.1, -0.05) is 19.9 Å². The molecule has 8 nitrogen and oxygen atoms in total. The van der Waals surface area contributed by atoms with Crippen molar-refractivity contribution in [1.29, 1.82) is 0 Å². The highest BCUT2D eigenvalue weighted by molar-refractivity contribution is 7.90. The van der Waals surface area contributed by atoms with Crippen molar-refractivity contribution in [2.24, 2.45) is 28.1 Å². The van der Waals surface area contributed by atoms with Crippen molar-refractivity contribution in [2.75, 3.05) is 18.5 Å². The Labute approximate surface area is 208 Å². The summed E-state index contributed by atoms with van der Waals surface area (Å²) in [7, 11) is -3.90. The van der Waals surface area contributed by atoms with Gasteiger partial charge in [0.2, 0.25) is 5.91 Å². The van der Waals surface area contributed by atoms with E-state index in [0.29, 0.717) is 24.8 Å². The zero-order valence-corrected chi connectivity index (χ0v) is 22.2. The van der Waals surface area contributed by atoms with Crippen molar-refractivity contribution in [1.82, 2.24) is 4.90 Å². The third kappa shape index (κ3) is 4.71. The van der Waals surface area contributed by atoms with E-state index in [4.69, 9.17) is 4.74 Å². The molecule has 1 N–H and O–H groups in total. The molecular weight excluding hydrogens is 466 g/mol. The third-order valence-electron chi connectivity index (χ3n) is 8.00. The predicted molar refractivity (Wildman–Crippen MR) is 135 cm³/mol. The minimum absolute atomic E-state index is 0.111. The standard InChI is InChI=1S/C26H37N3O5S/c1-6-34-25(31)24-18-8-9-19(14-18)26(24,5)29(12-11-16(2)3)23(30)15-22-27-20-10-7-17(4)13-21(20)35(32,33)28-22/h7,10,13,16,18-19,24H,6,8-9,11-12,14-15H2,1-5H3,(H,27,28)/t18-,19+,24-,26-/m0/s1. The van der Waals surface area contributed by atoms with E-state index in [1.54, 1.807) is 19.1 Å². The number of amidine groups is 1. The topological polar surface area (TPSA) is 105 Å². The van der Waals surface area contributed by atoms with E-state index < -0.39 is 15.6 Å². The fraction of sp³-hybridized carbons (Fsp3) is 0.654. The number of nitrogens with one attached hydrogen (secondary N) is 1. The van der Waals surface area contributed by atoms with Gasteiger partial charge in [0.1, 0.15) is 10.7 Å². The van der Waals surface area contributed by atoms with E-state index in [-0.39, 0.29) is 46.8 Å². The monoisotopic (exact) mass is 503 g/mol. The number of nitrogens with zero attached hydrogens (tertiary/aromatic N) is 2. The van der Waals surface area contributed by atoms with Gasteiger partial charge in [0.15, 0.2) is 0 Å². The van der Waals surface area contributed by atoms with Crippen molar-refractivity contribution in [2.45, 2.75) is 77.2 Å². The van der Waals surface area contributed by atoms with E-state index in [1.165, 1.54) is 0 Å². The lowest BCUT2D eigenvalue weighted by Crippen LogP contribution is -2.60. The summed E-state index contributed by atoms with van der Waals surface area (Å²) < 4.78 is 35.0. The second-order valence-electron chi connectivity index (χ2n) is 10.8. The molecule has 2 bridgehead atoms. The molecule has 2 fully saturated rings. The van der Waals surface area contributed by atoms with Crippen LogP contribution in [0.25, 0.3) is 0 Å². The van der Waals surface area contributed by atoms with Gasteiger partial charge in [-0.15, -0.1) is 4.40 Å². The summed E-state index contributed by atoms with van der Waals surface area (Å²) in [6.07, 6.45) is 3.47. The van der Waals surface area contributed by atoms with Crippen LogP contribution < -0.4 is 5.32 Å². The van der Waals surface area contributed by atoms with Crippen molar-refractivity contribution < 1.29 is 22.7 Å². The van der Waals surface area contributed by atoms with Gasteiger partial charge < -0.3 is 15.0 Å². The number of anilines is 1. The van der Waals surface area contributed by atoms with Crippen molar-refractivity contribution >= 4 is 33.4 Å². The summed E-state index contributed by atoms with van der Waals surface area (Å²) in [6.45, 7) is 10.7. The van der Waals surface area contributed by atoms with Crippen LogP contribution in [0.1, 0.15) is 65.4 Å². The minimum Gasteiger partial charge on any atom is -0.466 e. The maximum absolute atomic E-state index is 13.9. The van der Waals surface area contributed by atoms with E-state index >= 15 is 0 Å². The summed E-state index contributed by atoms with van der Waals surface area (Å²) in [5.41, 5.74) is 0.583. The lowest BCUT2D eigenvalue weighted by molar-refractivity contribution is -0.160. The SMILES string of the molecule is CCOC(=O)[C@@H]1[C@H]2CC[C@H](C2)[C@]1(C)N(CCC(C)C)C(=O)CC1=NS(=O)(=O)c2cc(C)ccc2N1. The van der Waals surface area contributed by atoms with Gasteiger partial charge in [0.25, 0.3) is 10.0 Å². The molecule has 1 heterocycles. The number of esters is 1. The number of benzene rings is 1. The van der Waals surface area contributed by atoms with Gasteiger partial charge >= 0.3 is 5.97 Å². The first kappa shape index (κ1) is 25.7. The Bertz CT molecular complexity index is 1150. The third-order valence-corrected chi connectivity index (χ3v) is 9.35. The Morgan fingerprint density at radius 1 is 1.29 bits per heavy atom. The molecule has 0 aromatic heterocycles. The van der Waals surface area contributed by atoms with Gasteiger partial charge in [-0.25, -0.2) is 0 Å². The van der Waals surface area contributed by atoms with E-state index in [1.807, 2.05) is 24.8 Å². The van der Waals surface area contributed by atoms with Crippen LogP contribution in [-0.4, -0.2) is 49.7 Å². The van der Waals surface area contributed by atoms with Crippen LogP contribution in [-0.2, 0) is 24.3 Å².